The molecule has 23 heavy (non-hydrogen) atoms. The van der Waals surface area contributed by atoms with Crippen LogP contribution in [0.25, 0.3) is 0 Å². The van der Waals surface area contributed by atoms with E-state index in [1.54, 1.807) is 0 Å². The van der Waals surface area contributed by atoms with Crippen LogP contribution in [0.1, 0.15) is 82.1 Å². The third-order valence-electron chi connectivity index (χ3n) is 6.59. The molecule has 1 unspecified atom stereocenters. The number of hydrogen-bond donors (Lipinski definition) is 2. The molecule has 2 N–H and O–H groups in total. The van der Waals surface area contributed by atoms with Crippen LogP contribution < -0.4 is 0 Å². The molecule has 0 radical (unpaired) electrons. The molecule has 1 fully saturated rings. The van der Waals surface area contributed by atoms with Crippen molar-refractivity contribution in [3.8, 4) is 0 Å². The number of carbonyl (C=O) groups is 1. The Hall–Kier alpha value is -1.35. The Bertz CT molecular complexity index is 636. The first-order chi connectivity index (χ1) is 10.7. The number of carboxylic acids is 1. The zero-order valence-corrected chi connectivity index (χ0v) is 14.6. The van der Waals surface area contributed by atoms with Gasteiger partial charge >= 0.3 is 5.97 Å². The van der Waals surface area contributed by atoms with Crippen LogP contribution in [-0.2, 0) is 10.2 Å². The molecule has 0 heterocycles. The molecule has 1 saturated carbocycles. The molecule has 0 aliphatic heterocycles. The van der Waals surface area contributed by atoms with Crippen LogP contribution in [0.4, 0.5) is 0 Å². The van der Waals surface area contributed by atoms with Crippen LogP contribution in [0.3, 0.4) is 0 Å². The second-order valence-corrected chi connectivity index (χ2v) is 8.30. The van der Waals surface area contributed by atoms with Gasteiger partial charge in [0.05, 0.1) is 11.5 Å². The summed E-state index contributed by atoms with van der Waals surface area (Å²) in [6, 6.07) is 6.43. The molecule has 0 saturated heterocycles. The Morgan fingerprint density at radius 2 is 1.96 bits per heavy atom. The van der Waals surface area contributed by atoms with E-state index >= 15 is 0 Å². The van der Waals surface area contributed by atoms with Crippen LogP contribution >= 0.6 is 0 Å². The maximum atomic E-state index is 12.0. The van der Waals surface area contributed by atoms with Crippen LogP contribution in [-0.4, -0.2) is 16.2 Å². The van der Waals surface area contributed by atoms with Gasteiger partial charge in [0, 0.05) is 0 Å². The standard InChI is InChI=1S/C20H28O3/c1-12(2)13-6-7-15-14(10-13)16(21)11-17-19(15,3)8-5-9-20(17,4)18(22)23/h6-7,10,12,16-17,21H,5,8-9,11H2,1-4H3,(H,22,23)/t16-,17?,19-,20+/m0/s1. The Morgan fingerprint density at radius 1 is 1.26 bits per heavy atom. The number of aliphatic hydroxyl groups excluding tert-OH is 1. The minimum atomic E-state index is -0.748. The number of carboxylic acid groups (broad SMARTS) is 1. The monoisotopic (exact) mass is 316 g/mol. The van der Waals surface area contributed by atoms with E-state index in [1.165, 1.54) is 5.56 Å². The summed E-state index contributed by atoms with van der Waals surface area (Å²) >= 11 is 0. The molecule has 3 rings (SSSR count). The highest BCUT2D eigenvalue weighted by molar-refractivity contribution is 5.75. The van der Waals surface area contributed by atoms with Crippen molar-refractivity contribution in [2.45, 2.75) is 70.8 Å². The van der Waals surface area contributed by atoms with E-state index < -0.39 is 17.5 Å². The van der Waals surface area contributed by atoms with E-state index in [0.29, 0.717) is 18.8 Å². The molecular formula is C20H28O3. The van der Waals surface area contributed by atoms with Gasteiger partial charge in [-0.2, -0.15) is 0 Å². The van der Waals surface area contributed by atoms with Crippen molar-refractivity contribution in [3.05, 3.63) is 34.9 Å². The smallest absolute Gasteiger partial charge is 0.309 e. The number of hydrogen-bond acceptors (Lipinski definition) is 2. The molecular weight excluding hydrogens is 288 g/mol. The van der Waals surface area contributed by atoms with Crippen molar-refractivity contribution in [2.24, 2.45) is 11.3 Å². The van der Waals surface area contributed by atoms with Gasteiger partial charge in [0.2, 0.25) is 0 Å². The summed E-state index contributed by atoms with van der Waals surface area (Å²) in [5.41, 5.74) is 2.52. The molecule has 126 valence electrons. The van der Waals surface area contributed by atoms with Gasteiger partial charge in [0.15, 0.2) is 0 Å². The molecule has 0 bridgehead atoms. The molecule has 1 aromatic carbocycles. The minimum Gasteiger partial charge on any atom is -0.481 e. The Labute approximate surface area is 138 Å². The summed E-state index contributed by atoms with van der Waals surface area (Å²) < 4.78 is 0. The lowest BCUT2D eigenvalue weighted by Crippen LogP contribution is -2.53. The molecule has 3 heteroatoms. The first kappa shape index (κ1) is 16.5. The Morgan fingerprint density at radius 3 is 2.57 bits per heavy atom. The number of fused-ring (bicyclic) bond motifs is 3. The number of aliphatic hydroxyl groups is 1. The highest BCUT2D eigenvalue weighted by atomic mass is 16.4. The van der Waals surface area contributed by atoms with Crippen molar-refractivity contribution in [1.29, 1.82) is 0 Å². The summed E-state index contributed by atoms with van der Waals surface area (Å²) in [5, 5.41) is 20.6. The third kappa shape index (κ3) is 2.32. The molecule has 0 spiro atoms. The first-order valence-corrected chi connectivity index (χ1v) is 8.76. The van der Waals surface area contributed by atoms with E-state index in [2.05, 4.69) is 39.0 Å². The molecule has 2 aliphatic carbocycles. The Kier molecular flexibility index (Phi) is 3.83. The second-order valence-electron chi connectivity index (χ2n) is 8.30. The van der Waals surface area contributed by atoms with Gasteiger partial charge in [-0.15, -0.1) is 0 Å². The van der Waals surface area contributed by atoms with Crippen LogP contribution in [0.5, 0.6) is 0 Å². The maximum absolute atomic E-state index is 12.0. The van der Waals surface area contributed by atoms with Crippen LogP contribution in [0.15, 0.2) is 18.2 Å². The van der Waals surface area contributed by atoms with Gasteiger partial charge < -0.3 is 10.2 Å². The fourth-order valence-corrected chi connectivity index (χ4v) is 5.06. The summed E-state index contributed by atoms with van der Waals surface area (Å²) in [5.74, 6) is -0.315. The summed E-state index contributed by atoms with van der Waals surface area (Å²) in [6.07, 6.45) is 2.62. The SMILES string of the molecule is CC(C)c1ccc2c(c1)[C@@H](O)CC1[C@](C)(C(=O)O)CCC[C@@]21C. The average Bonchev–Trinajstić information content (AvgIpc) is 2.49. The maximum Gasteiger partial charge on any atom is 0.309 e. The van der Waals surface area contributed by atoms with Crippen molar-refractivity contribution in [2.75, 3.05) is 0 Å². The van der Waals surface area contributed by atoms with Crippen LogP contribution in [0, 0.1) is 11.3 Å². The second kappa shape index (κ2) is 5.34. The van der Waals surface area contributed by atoms with E-state index in [0.717, 1.165) is 24.0 Å². The topological polar surface area (TPSA) is 57.5 Å². The summed E-state index contributed by atoms with van der Waals surface area (Å²) in [6.45, 7) is 8.39. The molecule has 0 aromatic heterocycles. The minimum absolute atomic E-state index is 0.0198. The lowest BCUT2D eigenvalue weighted by Gasteiger charge is -2.54. The van der Waals surface area contributed by atoms with Crippen molar-refractivity contribution in [1.82, 2.24) is 0 Å². The van der Waals surface area contributed by atoms with Gasteiger partial charge in [-0.1, -0.05) is 45.4 Å². The van der Waals surface area contributed by atoms with E-state index in [4.69, 9.17) is 0 Å². The van der Waals surface area contributed by atoms with Gasteiger partial charge in [0.1, 0.15) is 0 Å². The van der Waals surface area contributed by atoms with E-state index in [-0.39, 0.29) is 11.3 Å². The van der Waals surface area contributed by atoms with Gasteiger partial charge in [-0.05, 0) is 60.1 Å². The van der Waals surface area contributed by atoms with E-state index in [9.17, 15) is 15.0 Å². The third-order valence-corrected chi connectivity index (χ3v) is 6.59. The first-order valence-electron chi connectivity index (χ1n) is 8.76. The van der Waals surface area contributed by atoms with Crippen molar-refractivity contribution >= 4 is 5.97 Å². The Balaban J connectivity index is 2.14. The zero-order chi connectivity index (χ0) is 17.0. The fourth-order valence-electron chi connectivity index (χ4n) is 5.06. The number of aliphatic carboxylic acids is 1. The van der Waals surface area contributed by atoms with E-state index in [1.807, 2.05) is 6.92 Å². The van der Waals surface area contributed by atoms with Gasteiger partial charge in [0.25, 0.3) is 0 Å². The largest absolute Gasteiger partial charge is 0.481 e. The van der Waals surface area contributed by atoms with Crippen molar-refractivity contribution < 1.29 is 15.0 Å². The highest BCUT2D eigenvalue weighted by Gasteiger charge is 2.56. The number of benzene rings is 1. The predicted molar refractivity (Wildman–Crippen MR) is 90.5 cm³/mol. The number of rotatable bonds is 2. The molecule has 4 atom stereocenters. The van der Waals surface area contributed by atoms with Crippen molar-refractivity contribution in [3.63, 3.8) is 0 Å². The van der Waals surface area contributed by atoms with Gasteiger partial charge in [-0.25, -0.2) is 0 Å². The molecule has 1 aromatic rings. The highest BCUT2D eigenvalue weighted by Crippen LogP contribution is 2.59. The lowest BCUT2D eigenvalue weighted by molar-refractivity contribution is -0.159. The van der Waals surface area contributed by atoms with Crippen LogP contribution in [0.2, 0.25) is 0 Å². The molecule has 2 aliphatic rings. The normalized spacial score (nSPS) is 36.4. The molecule has 0 amide bonds. The molecule has 3 nitrogen and oxygen atoms in total. The lowest BCUT2D eigenvalue weighted by atomic mass is 9.49. The van der Waals surface area contributed by atoms with Gasteiger partial charge in [-0.3, -0.25) is 4.79 Å². The quantitative estimate of drug-likeness (QED) is 0.850. The fraction of sp³-hybridized carbons (Fsp3) is 0.650. The predicted octanol–water partition coefficient (Wildman–Crippen LogP) is 4.40. The summed E-state index contributed by atoms with van der Waals surface area (Å²) in [4.78, 5) is 12.0. The zero-order valence-electron chi connectivity index (χ0n) is 14.6. The summed E-state index contributed by atoms with van der Waals surface area (Å²) in [7, 11) is 0. The average molecular weight is 316 g/mol.